The molecule has 4 rings (SSSR count). The first kappa shape index (κ1) is 20.7. The van der Waals surface area contributed by atoms with Gasteiger partial charge in [0.25, 0.3) is 0 Å². The Morgan fingerprint density at radius 1 is 0.967 bits per heavy atom. The Bertz CT molecular complexity index is 1020. The largest absolute Gasteiger partial charge is 0.438 e. The van der Waals surface area contributed by atoms with Gasteiger partial charge in [0.1, 0.15) is 10.8 Å². The fraction of sp³-hybridized carbons (Fsp3) is 0.333. The molecule has 0 saturated carbocycles. The molecule has 0 saturated heterocycles. The van der Waals surface area contributed by atoms with E-state index in [1.54, 1.807) is 11.8 Å². The zero-order chi connectivity index (χ0) is 21.1. The molecule has 0 amide bonds. The first-order valence-corrected chi connectivity index (χ1v) is 11.2. The van der Waals surface area contributed by atoms with Crippen LogP contribution in [0.15, 0.2) is 53.6 Å². The van der Waals surface area contributed by atoms with Crippen molar-refractivity contribution in [2.75, 3.05) is 45.4 Å². The Hall–Kier alpha value is -2.57. The summed E-state index contributed by atoms with van der Waals surface area (Å²) in [6, 6.07) is 16.5. The molecule has 0 atom stereocenters. The van der Waals surface area contributed by atoms with E-state index in [1.807, 2.05) is 26.2 Å². The molecule has 0 spiro atoms. The predicted molar refractivity (Wildman–Crippen MR) is 125 cm³/mol. The normalized spacial score (nSPS) is 12.3. The molecule has 156 valence electrons. The summed E-state index contributed by atoms with van der Waals surface area (Å²) in [4.78, 5) is 14.1. The molecule has 0 N–H and O–H groups in total. The Morgan fingerprint density at radius 2 is 1.73 bits per heavy atom. The van der Waals surface area contributed by atoms with Crippen molar-refractivity contribution < 1.29 is 4.74 Å². The molecule has 1 aromatic heterocycles. The molecule has 6 heteroatoms. The van der Waals surface area contributed by atoms with Gasteiger partial charge in [0, 0.05) is 37.5 Å². The van der Waals surface area contributed by atoms with Crippen molar-refractivity contribution in [1.82, 2.24) is 14.9 Å². The van der Waals surface area contributed by atoms with Gasteiger partial charge in [-0.25, -0.2) is 4.98 Å². The average molecular weight is 421 g/mol. The number of rotatable bonds is 7. The molecule has 0 bridgehead atoms. The fourth-order valence-corrected chi connectivity index (χ4v) is 4.38. The van der Waals surface area contributed by atoms with Gasteiger partial charge >= 0.3 is 0 Å². The van der Waals surface area contributed by atoms with E-state index in [-0.39, 0.29) is 0 Å². The van der Waals surface area contributed by atoms with Crippen LogP contribution in [0.3, 0.4) is 0 Å². The number of fused-ring (bicyclic) bond motifs is 2. The van der Waals surface area contributed by atoms with Crippen LogP contribution in [-0.2, 0) is 6.42 Å². The van der Waals surface area contributed by atoms with E-state index in [9.17, 15) is 0 Å². The topological polar surface area (TPSA) is 41.5 Å². The highest BCUT2D eigenvalue weighted by Gasteiger charge is 2.24. The minimum absolute atomic E-state index is 0.686. The lowest BCUT2D eigenvalue weighted by atomic mass is 10.0. The summed E-state index contributed by atoms with van der Waals surface area (Å²) < 4.78 is 6.21. The Kier molecular flexibility index (Phi) is 6.25. The van der Waals surface area contributed by atoms with E-state index >= 15 is 0 Å². The van der Waals surface area contributed by atoms with Crippen molar-refractivity contribution in [2.24, 2.45) is 0 Å². The summed E-state index contributed by atoms with van der Waals surface area (Å²) in [5, 5.41) is 1.03. The van der Waals surface area contributed by atoms with Gasteiger partial charge in [-0.2, -0.15) is 4.98 Å². The van der Waals surface area contributed by atoms with Gasteiger partial charge in [-0.1, -0.05) is 18.2 Å². The molecular weight excluding hydrogens is 392 g/mol. The van der Waals surface area contributed by atoms with Crippen molar-refractivity contribution in [3.05, 3.63) is 59.7 Å². The van der Waals surface area contributed by atoms with Gasteiger partial charge in [0.2, 0.25) is 5.88 Å². The third kappa shape index (κ3) is 4.60. The highest BCUT2D eigenvalue weighted by atomic mass is 32.2. The molecule has 2 aromatic carbocycles. The number of hydrogen-bond donors (Lipinski definition) is 0. The second kappa shape index (κ2) is 9.06. The second-order valence-corrected chi connectivity index (χ2v) is 9.05. The smallest absolute Gasteiger partial charge is 0.227 e. The van der Waals surface area contributed by atoms with Crippen molar-refractivity contribution in [3.63, 3.8) is 0 Å². The predicted octanol–water partition coefficient (Wildman–Crippen LogP) is 4.95. The standard InChI is InChI=1S/C24H28N4OS/c1-27(2)14-7-15-30-24-20-16-18-8-5-6-9-21(18)29-23(20)25-22(26-24)17-10-12-19(13-11-17)28(3)4/h5-6,8-13H,7,14-16H2,1-4H3. The summed E-state index contributed by atoms with van der Waals surface area (Å²) in [5.41, 5.74) is 4.44. The second-order valence-electron chi connectivity index (χ2n) is 7.97. The number of ether oxygens (including phenoxy) is 1. The molecule has 0 radical (unpaired) electrons. The molecule has 0 aliphatic carbocycles. The first-order chi connectivity index (χ1) is 14.5. The molecule has 1 aliphatic heterocycles. The lowest BCUT2D eigenvalue weighted by Crippen LogP contribution is -2.13. The van der Waals surface area contributed by atoms with Crippen LogP contribution in [0.1, 0.15) is 17.5 Å². The van der Waals surface area contributed by atoms with Gasteiger partial charge in [-0.3, -0.25) is 0 Å². The van der Waals surface area contributed by atoms with E-state index in [1.165, 1.54) is 5.56 Å². The van der Waals surface area contributed by atoms with E-state index in [4.69, 9.17) is 14.7 Å². The van der Waals surface area contributed by atoms with Crippen LogP contribution in [0.2, 0.25) is 0 Å². The Morgan fingerprint density at radius 3 is 2.47 bits per heavy atom. The third-order valence-corrected chi connectivity index (χ3v) is 6.21. The van der Waals surface area contributed by atoms with Crippen LogP contribution in [0.5, 0.6) is 11.6 Å². The Labute approximate surface area is 183 Å². The van der Waals surface area contributed by atoms with Gasteiger partial charge in [0.15, 0.2) is 5.82 Å². The SMILES string of the molecule is CN(C)CCCSc1nc(-c2ccc(N(C)C)cc2)nc2c1Cc1ccccc1O2. The highest BCUT2D eigenvalue weighted by molar-refractivity contribution is 7.99. The quantitative estimate of drug-likeness (QED) is 0.239. The van der Waals surface area contributed by atoms with E-state index in [0.717, 1.165) is 52.7 Å². The van der Waals surface area contributed by atoms with E-state index < -0.39 is 0 Å². The van der Waals surface area contributed by atoms with Gasteiger partial charge in [-0.05, 0) is 63.0 Å². The van der Waals surface area contributed by atoms with Gasteiger partial charge in [-0.15, -0.1) is 11.8 Å². The van der Waals surface area contributed by atoms with Crippen LogP contribution in [0.4, 0.5) is 5.69 Å². The number of thioether (sulfide) groups is 1. The minimum atomic E-state index is 0.686. The van der Waals surface area contributed by atoms with Crippen LogP contribution in [-0.4, -0.2) is 55.4 Å². The summed E-state index contributed by atoms with van der Waals surface area (Å²) in [7, 11) is 8.30. The Balaban J connectivity index is 1.67. The molecule has 0 fully saturated rings. The molecule has 0 unspecified atom stereocenters. The zero-order valence-corrected chi connectivity index (χ0v) is 18.9. The summed E-state index contributed by atoms with van der Waals surface area (Å²) in [6.07, 6.45) is 1.92. The van der Waals surface area contributed by atoms with Crippen LogP contribution < -0.4 is 9.64 Å². The number of nitrogens with zero attached hydrogens (tertiary/aromatic N) is 4. The van der Waals surface area contributed by atoms with Crippen molar-refractivity contribution in [3.8, 4) is 23.0 Å². The molecule has 1 aliphatic rings. The molecule has 3 aromatic rings. The van der Waals surface area contributed by atoms with Crippen LogP contribution in [0.25, 0.3) is 11.4 Å². The third-order valence-electron chi connectivity index (χ3n) is 5.11. The number of aromatic nitrogens is 2. The maximum atomic E-state index is 6.21. The van der Waals surface area contributed by atoms with Crippen LogP contribution >= 0.6 is 11.8 Å². The molecule has 2 heterocycles. The lowest BCUT2D eigenvalue weighted by Gasteiger charge is -2.22. The summed E-state index contributed by atoms with van der Waals surface area (Å²) in [5.74, 6) is 3.31. The number of para-hydroxylation sites is 1. The van der Waals surface area contributed by atoms with Crippen molar-refractivity contribution >= 4 is 17.4 Å². The van der Waals surface area contributed by atoms with E-state index in [2.05, 4.69) is 60.3 Å². The van der Waals surface area contributed by atoms with Crippen LogP contribution in [0, 0.1) is 0 Å². The van der Waals surface area contributed by atoms with E-state index in [0.29, 0.717) is 11.7 Å². The molecular formula is C24H28N4OS. The van der Waals surface area contributed by atoms with Gasteiger partial charge in [0.05, 0.1) is 5.56 Å². The maximum absolute atomic E-state index is 6.21. The lowest BCUT2D eigenvalue weighted by molar-refractivity contribution is 0.410. The van der Waals surface area contributed by atoms with Crippen molar-refractivity contribution in [2.45, 2.75) is 17.9 Å². The highest BCUT2D eigenvalue weighted by Crippen LogP contribution is 2.40. The number of anilines is 1. The number of hydrogen-bond acceptors (Lipinski definition) is 6. The number of benzene rings is 2. The molecule has 5 nitrogen and oxygen atoms in total. The monoisotopic (exact) mass is 420 g/mol. The zero-order valence-electron chi connectivity index (χ0n) is 18.1. The maximum Gasteiger partial charge on any atom is 0.227 e. The summed E-state index contributed by atoms with van der Waals surface area (Å²) >= 11 is 1.80. The fourth-order valence-electron chi connectivity index (χ4n) is 3.43. The average Bonchev–Trinajstić information content (AvgIpc) is 2.75. The summed E-state index contributed by atoms with van der Waals surface area (Å²) in [6.45, 7) is 1.07. The molecule has 30 heavy (non-hydrogen) atoms. The first-order valence-electron chi connectivity index (χ1n) is 10.2. The minimum Gasteiger partial charge on any atom is -0.438 e. The van der Waals surface area contributed by atoms with Gasteiger partial charge < -0.3 is 14.5 Å². The van der Waals surface area contributed by atoms with Crippen molar-refractivity contribution in [1.29, 1.82) is 0 Å².